The van der Waals surface area contributed by atoms with Crippen LogP contribution in [0.1, 0.15) is 49.8 Å². The third kappa shape index (κ3) is 5.71. The largest absolute Gasteiger partial charge is 0.495 e. The van der Waals surface area contributed by atoms with Crippen molar-refractivity contribution in [3.05, 3.63) is 41.6 Å². The number of aromatic nitrogens is 3. The van der Waals surface area contributed by atoms with Crippen LogP contribution in [-0.2, 0) is 16.6 Å². The number of fused-ring (bicyclic) bond motifs is 1. The number of piperidine rings is 1. The second-order valence-electron chi connectivity index (χ2n) is 11.1. The van der Waals surface area contributed by atoms with Gasteiger partial charge in [0.05, 0.1) is 32.4 Å². The number of hydrogen-bond donors (Lipinski definition) is 3. The zero-order valence-electron chi connectivity index (χ0n) is 24.2. The van der Waals surface area contributed by atoms with Crippen LogP contribution in [0.2, 0.25) is 0 Å². The molecule has 1 aliphatic carbocycles. The van der Waals surface area contributed by atoms with E-state index < -0.39 is 10.0 Å². The molecule has 0 amide bonds. The van der Waals surface area contributed by atoms with Crippen LogP contribution in [0.3, 0.4) is 0 Å². The van der Waals surface area contributed by atoms with Crippen molar-refractivity contribution in [2.45, 2.75) is 50.0 Å². The minimum absolute atomic E-state index is 0.0149. The first-order chi connectivity index (χ1) is 20.3. The standard InChI is InChI=1S/C29H36N6O6S/c1-17-6-5-9-35(15-17)16-18-10-25(39-3)28(26(11-18)40-4)42(36,37)34-29-20-12-24(38-2)22(13-23(20)41-33-29)30-27-14-21(31-32-27)19-7-8-19/h10-14,17,19H,5-9,15-16H2,1-4H3,(H,33,34)(H2,30,31,32)/t17-/m0/s1. The number of H-pyrrole nitrogens is 1. The van der Waals surface area contributed by atoms with E-state index in [1.165, 1.54) is 27.8 Å². The van der Waals surface area contributed by atoms with Crippen molar-refractivity contribution >= 4 is 38.3 Å². The van der Waals surface area contributed by atoms with Gasteiger partial charge in [-0.2, -0.15) is 5.10 Å². The third-order valence-electron chi connectivity index (χ3n) is 7.84. The number of nitrogens with one attached hydrogen (secondary N) is 3. The molecule has 6 rings (SSSR count). The van der Waals surface area contributed by atoms with Crippen molar-refractivity contribution < 1.29 is 27.2 Å². The maximum atomic E-state index is 13.8. The smallest absolute Gasteiger partial charge is 0.270 e. The predicted molar refractivity (Wildman–Crippen MR) is 158 cm³/mol. The lowest BCUT2D eigenvalue weighted by Crippen LogP contribution is -2.33. The molecule has 0 spiro atoms. The Kier molecular flexibility index (Phi) is 7.62. The molecular formula is C29H36N6O6S. The molecule has 1 atom stereocenters. The van der Waals surface area contributed by atoms with Crippen molar-refractivity contribution in [3.8, 4) is 17.2 Å². The van der Waals surface area contributed by atoms with Crippen molar-refractivity contribution in [2.24, 2.45) is 5.92 Å². The molecule has 1 saturated heterocycles. The molecule has 12 nitrogen and oxygen atoms in total. The average molecular weight is 597 g/mol. The Labute approximate surface area is 244 Å². The molecule has 1 aliphatic heterocycles. The molecule has 2 aromatic carbocycles. The molecule has 3 N–H and O–H groups in total. The average Bonchev–Trinajstić information content (AvgIpc) is 3.61. The van der Waals surface area contributed by atoms with Crippen molar-refractivity contribution in [1.82, 2.24) is 20.3 Å². The number of ether oxygens (including phenoxy) is 3. The van der Waals surface area contributed by atoms with Crippen molar-refractivity contribution in [2.75, 3.05) is 44.5 Å². The van der Waals surface area contributed by atoms with E-state index in [2.05, 4.69) is 37.2 Å². The second-order valence-corrected chi connectivity index (χ2v) is 12.7. The van der Waals surface area contributed by atoms with Crippen molar-refractivity contribution in [3.63, 3.8) is 0 Å². The first-order valence-electron chi connectivity index (χ1n) is 14.1. The van der Waals surface area contributed by atoms with Crippen molar-refractivity contribution in [1.29, 1.82) is 0 Å². The maximum Gasteiger partial charge on any atom is 0.270 e. The molecule has 13 heteroatoms. The summed E-state index contributed by atoms with van der Waals surface area (Å²) in [6, 6.07) is 8.84. The molecule has 2 aromatic heterocycles. The number of aromatic amines is 1. The lowest BCUT2D eigenvalue weighted by atomic mass is 10.00. The minimum Gasteiger partial charge on any atom is -0.495 e. The molecule has 0 radical (unpaired) electrons. The molecule has 2 aliphatic rings. The fourth-order valence-electron chi connectivity index (χ4n) is 5.60. The topological polar surface area (TPSA) is 144 Å². The van der Waals surface area contributed by atoms with E-state index in [0.717, 1.165) is 43.6 Å². The summed E-state index contributed by atoms with van der Waals surface area (Å²) in [6.07, 6.45) is 4.68. The SMILES string of the molecule is COc1cc2c(NS(=O)(=O)c3c(OC)cc(CN4CCC[C@H](C)C4)cc3OC)noc2cc1Nc1cc(C2CC2)[nH]n1. The number of nitrogens with zero attached hydrogens (tertiary/aromatic N) is 3. The van der Waals surface area contributed by atoms with Gasteiger partial charge < -0.3 is 24.1 Å². The lowest BCUT2D eigenvalue weighted by molar-refractivity contribution is 0.176. The second kappa shape index (κ2) is 11.4. The molecule has 1 saturated carbocycles. The molecule has 224 valence electrons. The Morgan fingerprint density at radius 1 is 1.02 bits per heavy atom. The van der Waals surface area contributed by atoms with Gasteiger partial charge >= 0.3 is 0 Å². The summed E-state index contributed by atoms with van der Waals surface area (Å²) in [6.45, 7) is 4.92. The molecule has 0 unspecified atom stereocenters. The molecule has 3 heterocycles. The van der Waals surface area contributed by atoms with E-state index in [-0.39, 0.29) is 22.2 Å². The molecule has 0 bridgehead atoms. The van der Waals surface area contributed by atoms with E-state index in [4.69, 9.17) is 18.7 Å². The number of likely N-dealkylation sites (tertiary alicyclic amines) is 1. The Morgan fingerprint density at radius 3 is 2.43 bits per heavy atom. The van der Waals surface area contributed by atoms with Gasteiger partial charge in [0.1, 0.15) is 17.2 Å². The highest BCUT2D eigenvalue weighted by Crippen LogP contribution is 2.41. The Balaban J connectivity index is 1.28. The van der Waals surface area contributed by atoms with Crippen LogP contribution in [0.25, 0.3) is 11.0 Å². The van der Waals surface area contributed by atoms with Gasteiger partial charge in [-0.3, -0.25) is 14.7 Å². The highest BCUT2D eigenvalue weighted by molar-refractivity contribution is 7.93. The molecule has 42 heavy (non-hydrogen) atoms. The van der Waals surface area contributed by atoms with Gasteiger partial charge in [0.15, 0.2) is 22.1 Å². The van der Waals surface area contributed by atoms with Crippen LogP contribution in [0, 0.1) is 5.92 Å². The quantitative estimate of drug-likeness (QED) is 0.211. The summed E-state index contributed by atoms with van der Waals surface area (Å²) in [5.74, 6) is 2.66. The maximum absolute atomic E-state index is 13.8. The Hall–Kier alpha value is -3.97. The summed E-state index contributed by atoms with van der Waals surface area (Å²) >= 11 is 0. The number of sulfonamides is 1. The number of methoxy groups -OCH3 is 3. The van der Waals surface area contributed by atoms with Crippen LogP contribution in [0.4, 0.5) is 17.3 Å². The monoisotopic (exact) mass is 596 g/mol. The van der Waals surface area contributed by atoms with Crippen LogP contribution >= 0.6 is 0 Å². The van der Waals surface area contributed by atoms with Gasteiger partial charge in [-0.1, -0.05) is 12.1 Å². The highest BCUT2D eigenvalue weighted by Gasteiger charge is 2.29. The first kappa shape index (κ1) is 28.2. The van der Waals surface area contributed by atoms with Gasteiger partial charge in [0.2, 0.25) is 0 Å². The van der Waals surface area contributed by atoms with Crippen LogP contribution < -0.4 is 24.2 Å². The van der Waals surface area contributed by atoms with Gasteiger partial charge in [0.25, 0.3) is 10.0 Å². The van der Waals surface area contributed by atoms with Gasteiger partial charge in [-0.25, -0.2) is 8.42 Å². The highest BCUT2D eigenvalue weighted by atomic mass is 32.2. The van der Waals surface area contributed by atoms with Gasteiger partial charge in [0, 0.05) is 36.8 Å². The Bertz CT molecular complexity index is 1670. The zero-order valence-corrected chi connectivity index (χ0v) is 25.0. The fraction of sp³-hybridized carbons (Fsp3) is 0.448. The third-order valence-corrected chi connectivity index (χ3v) is 9.24. The zero-order chi connectivity index (χ0) is 29.4. The van der Waals surface area contributed by atoms with E-state index >= 15 is 0 Å². The number of hydrogen-bond acceptors (Lipinski definition) is 10. The minimum atomic E-state index is -4.20. The summed E-state index contributed by atoms with van der Waals surface area (Å²) < 4.78 is 52.3. The number of rotatable bonds is 11. The Morgan fingerprint density at radius 2 is 1.76 bits per heavy atom. The van der Waals surface area contributed by atoms with Crippen LogP contribution in [-0.4, -0.2) is 63.1 Å². The summed E-state index contributed by atoms with van der Waals surface area (Å²) in [7, 11) is 0.216. The normalized spacial score (nSPS) is 17.8. The lowest BCUT2D eigenvalue weighted by Gasteiger charge is -2.31. The predicted octanol–water partition coefficient (Wildman–Crippen LogP) is 5.23. The summed E-state index contributed by atoms with van der Waals surface area (Å²) in [5.41, 5.74) is 2.97. The van der Waals surface area contributed by atoms with Gasteiger partial charge in [-0.05, 0) is 61.9 Å². The summed E-state index contributed by atoms with van der Waals surface area (Å²) in [4.78, 5) is 2.25. The van der Waals surface area contributed by atoms with Crippen LogP contribution in [0.5, 0.6) is 17.2 Å². The first-order valence-corrected chi connectivity index (χ1v) is 15.6. The van der Waals surface area contributed by atoms with E-state index in [0.29, 0.717) is 46.6 Å². The van der Waals surface area contributed by atoms with E-state index in [1.54, 1.807) is 24.3 Å². The van der Waals surface area contributed by atoms with E-state index in [9.17, 15) is 8.42 Å². The summed E-state index contributed by atoms with van der Waals surface area (Å²) in [5, 5.41) is 15.1. The van der Waals surface area contributed by atoms with Crippen LogP contribution in [0.15, 0.2) is 39.8 Å². The molecule has 4 aromatic rings. The molecular weight excluding hydrogens is 560 g/mol. The van der Waals surface area contributed by atoms with Gasteiger partial charge in [-0.15, -0.1) is 0 Å². The fourth-order valence-corrected chi connectivity index (χ4v) is 6.92. The van der Waals surface area contributed by atoms with E-state index in [1.807, 2.05) is 6.07 Å². The number of benzene rings is 2. The number of anilines is 3. The molecule has 2 fully saturated rings.